The van der Waals surface area contributed by atoms with E-state index in [-0.39, 0.29) is 17.6 Å². The standard InChI is InChI=1S/C14H17ClN2O3/c1-9-7-11(17(19)20)5-6-12(9)14(18)16-13-4-2-3-10(13)8-15/h5-7,10,13H,2-4,8H2,1H3,(H,16,18). The zero-order valence-corrected chi connectivity index (χ0v) is 12.0. The Balaban J connectivity index is 2.11. The number of halogens is 1. The van der Waals surface area contributed by atoms with Crippen molar-refractivity contribution in [2.75, 3.05) is 5.88 Å². The van der Waals surface area contributed by atoms with Crippen molar-refractivity contribution in [1.82, 2.24) is 5.32 Å². The van der Waals surface area contributed by atoms with E-state index in [1.54, 1.807) is 6.92 Å². The van der Waals surface area contributed by atoms with Gasteiger partial charge in [0.15, 0.2) is 0 Å². The number of non-ortho nitro benzene ring substituents is 1. The number of nitrogens with zero attached hydrogens (tertiary/aromatic N) is 1. The minimum Gasteiger partial charge on any atom is -0.349 e. The average molecular weight is 297 g/mol. The van der Waals surface area contributed by atoms with Crippen molar-refractivity contribution >= 4 is 23.2 Å². The molecule has 5 nitrogen and oxygen atoms in total. The molecule has 2 atom stereocenters. The maximum Gasteiger partial charge on any atom is 0.269 e. The molecule has 1 aliphatic carbocycles. The first kappa shape index (κ1) is 14.8. The lowest BCUT2D eigenvalue weighted by Crippen LogP contribution is -2.38. The SMILES string of the molecule is Cc1cc([N+](=O)[O-])ccc1C(=O)NC1CCCC1CCl. The van der Waals surface area contributed by atoms with Crippen LogP contribution in [-0.2, 0) is 0 Å². The first-order valence-electron chi connectivity index (χ1n) is 6.64. The molecule has 108 valence electrons. The van der Waals surface area contributed by atoms with Crippen LogP contribution in [0.1, 0.15) is 35.2 Å². The second-order valence-electron chi connectivity index (χ2n) is 5.18. The summed E-state index contributed by atoms with van der Waals surface area (Å²) in [7, 11) is 0. The van der Waals surface area contributed by atoms with Gasteiger partial charge in [-0.05, 0) is 37.3 Å². The largest absolute Gasteiger partial charge is 0.349 e. The second-order valence-corrected chi connectivity index (χ2v) is 5.49. The molecular weight excluding hydrogens is 280 g/mol. The second kappa shape index (κ2) is 6.22. The average Bonchev–Trinajstić information content (AvgIpc) is 2.85. The Morgan fingerprint density at radius 1 is 1.50 bits per heavy atom. The fourth-order valence-electron chi connectivity index (χ4n) is 2.67. The van der Waals surface area contributed by atoms with Crippen LogP contribution >= 0.6 is 11.6 Å². The molecule has 0 spiro atoms. The molecule has 1 N–H and O–H groups in total. The molecule has 0 radical (unpaired) electrons. The highest BCUT2D eigenvalue weighted by molar-refractivity contribution is 6.18. The Kier molecular flexibility index (Phi) is 4.60. The van der Waals surface area contributed by atoms with Gasteiger partial charge in [0.25, 0.3) is 11.6 Å². The van der Waals surface area contributed by atoms with Crippen molar-refractivity contribution in [3.8, 4) is 0 Å². The number of rotatable bonds is 4. The first-order valence-corrected chi connectivity index (χ1v) is 7.18. The molecule has 1 aromatic rings. The Labute approximate surface area is 122 Å². The van der Waals surface area contributed by atoms with E-state index < -0.39 is 4.92 Å². The van der Waals surface area contributed by atoms with E-state index in [0.29, 0.717) is 22.9 Å². The van der Waals surface area contributed by atoms with Crippen LogP contribution in [0.25, 0.3) is 0 Å². The molecule has 0 heterocycles. The van der Waals surface area contributed by atoms with Crippen LogP contribution in [0.4, 0.5) is 5.69 Å². The number of aryl methyl sites for hydroxylation is 1. The van der Waals surface area contributed by atoms with Gasteiger partial charge in [0.05, 0.1) is 4.92 Å². The van der Waals surface area contributed by atoms with Gasteiger partial charge < -0.3 is 5.32 Å². The van der Waals surface area contributed by atoms with E-state index in [0.717, 1.165) is 19.3 Å². The molecule has 2 rings (SSSR count). The third kappa shape index (κ3) is 3.10. The topological polar surface area (TPSA) is 72.2 Å². The van der Waals surface area contributed by atoms with E-state index in [9.17, 15) is 14.9 Å². The normalized spacial score (nSPS) is 21.7. The monoisotopic (exact) mass is 296 g/mol. The number of nitro groups is 1. The lowest BCUT2D eigenvalue weighted by molar-refractivity contribution is -0.384. The molecule has 0 aliphatic heterocycles. The van der Waals surface area contributed by atoms with Crippen molar-refractivity contribution in [2.45, 2.75) is 32.2 Å². The van der Waals surface area contributed by atoms with Crippen molar-refractivity contribution < 1.29 is 9.72 Å². The van der Waals surface area contributed by atoms with Crippen molar-refractivity contribution in [1.29, 1.82) is 0 Å². The fraction of sp³-hybridized carbons (Fsp3) is 0.500. The summed E-state index contributed by atoms with van der Waals surface area (Å²) in [6, 6.07) is 4.39. The van der Waals surface area contributed by atoms with E-state index in [4.69, 9.17) is 11.6 Å². The molecule has 1 saturated carbocycles. The summed E-state index contributed by atoms with van der Waals surface area (Å²) in [5, 5.41) is 13.7. The first-order chi connectivity index (χ1) is 9.52. The number of nitrogens with one attached hydrogen (secondary N) is 1. The summed E-state index contributed by atoms with van der Waals surface area (Å²) in [5.74, 6) is 0.683. The van der Waals surface area contributed by atoms with E-state index in [1.807, 2.05) is 0 Å². The summed E-state index contributed by atoms with van der Waals surface area (Å²) in [5.41, 5.74) is 1.09. The number of carbonyl (C=O) groups is 1. The van der Waals surface area contributed by atoms with Gasteiger partial charge in [0, 0.05) is 29.6 Å². The summed E-state index contributed by atoms with van der Waals surface area (Å²) >= 11 is 5.89. The smallest absolute Gasteiger partial charge is 0.269 e. The fourth-order valence-corrected chi connectivity index (χ4v) is 3.04. The predicted molar refractivity (Wildman–Crippen MR) is 77.1 cm³/mol. The molecule has 1 fully saturated rings. The Hall–Kier alpha value is -1.62. The maximum absolute atomic E-state index is 12.2. The third-order valence-electron chi connectivity index (χ3n) is 3.84. The molecule has 1 aromatic carbocycles. The minimum absolute atomic E-state index is 0.00134. The molecule has 2 unspecified atom stereocenters. The van der Waals surface area contributed by atoms with Gasteiger partial charge in [-0.2, -0.15) is 0 Å². The molecule has 0 bridgehead atoms. The Bertz CT molecular complexity index is 533. The Morgan fingerprint density at radius 3 is 2.85 bits per heavy atom. The number of benzene rings is 1. The van der Waals surface area contributed by atoms with Crippen LogP contribution in [0.15, 0.2) is 18.2 Å². The van der Waals surface area contributed by atoms with Crippen LogP contribution in [0, 0.1) is 23.0 Å². The van der Waals surface area contributed by atoms with E-state index in [2.05, 4.69) is 5.32 Å². The molecule has 1 amide bonds. The highest BCUT2D eigenvalue weighted by Crippen LogP contribution is 2.27. The number of hydrogen-bond acceptors (Lipinski definition) is 3. The number of nitro benzene ring substituents is 1. The van der Waals surface area contributed by atoms with Crippen LogP contribution in [0.3, 0.4) is 0 Å². The van der Waals surface area contributed by atoms with Gasteiger partial charge in [-0.1, -0.05) is 6.42 Å². The van der Waals surface area contributed by atoms with Crippen molar-refractivity contribution in [2.24, 2.45) is 5.92 Å². The van der Waals surface area contributed by atoms with E-state index >= 15 is 0 Å². The van der Waals surface area contributed by atoms with Crippen molar-refractivity contribution in [3.63, 3.8) is 0 Å². The van der Waals surface area contributed by atoms with E-state index in [1.165, 1.54) is 18.2 Å². The van der Waals surface area contributed by atoms with Gasteiger partial charge >= 0.3 is 0 Å². The molecular formula is C14H17ClN2O3. The molecule has 6 heteroatoms. The van der Waals surface area contributed by atoms with Crippen LogP contribution in [-0.4, -0.2) is 22.8 Å². The zero-order valence-electron chi connectivity index (χ0n) is 11.3. The van der Waals surface area contributed by atoms with Crippen molar-refractivity contribution in [3.05, 3.63) is 39.4 Å². The van der Waals surface area contributed by atoms with Crippen LogP contribution in [0.2, 0.25) is 0 Å². The Morgan fingerprint density at radius 2 is 2.25 bits per heavy atom. The van der Waals surface area contributed by atoms with Gasteiger partial charge in [-0.25, -0.2) is 0 Å². The van der Waals surface area contributed by atoms with Gasteiger partial charge in [-0.3, -0.25) is 14.9 Å². The summed E-state index contributed by atoms with van der Waals surface area (Å²) in [6.07, 6.45) is 3.05. The third-order valence-corrected chi connectivity index (χ3v) is 4.24. The molecule has 0 saturated heterocycles. The van der Waals surface area contributed by atoms with Gasteiger partial charge in [0.1, 0.15) is 0 Å². The van der Waals surface area contributed by atoms with Gasteiger partial charge in [-0.15, -0.1) is 11.6 Å². The number of hydrogen-bond donors (Lipinski definition) is 1. The maximum atomic E-state index is 12.2. The summed E-state index contributed by atoms with van der Waals surface area (Å²) in [4.78, 5) is 22.5. The lowest BCUT2D eigenvalue weighted by atomic mass is 10.0. The quantitative estimate of drug-likeness (QED) is 0.527. The molecule has 0 aromatic heterocycles. The van der Waals surface area contributed by atoms with Gasteiger partial charge in [0.2, 0.25) is 0 Å². The zero-order chi connectivity index (χ0) is 14.7. The predicted octanol–water partition coefficient (Wildman–Crippen LogP) is 3.04. The molecule has 20 heavy (non-hydrogen) atoms. The lowest BCUT2D eigenvalue weighted by Gasteiger charge is -2.19. The van der Waals surface area contributed by atoms with Crippen LogP contribution < -0.4 is 5.32 Å². The molecule has 1 aliphatic rings. The minimum atomic E-state index is -0.463. The highest BCUT2D eigenvalue weighted by Gasteiger charge is 2.28. The number of amides is 1. The van der Waals surface area contributed by atoms with Crippen LogP contribution in [0.5, 0.6) is 0 Å². The number of carbonyl (C=O) groups excluding carboxylic acids is 1. The number of alkyl halides is 1. The summed E-state index contributed by atoms with van der Waals surface area (Å²) in [6.45, 7) is 1.70. The summed E-state index contributed by atoms with van der Waals surface area (Å²) < 4.78 is 0. The highest BCUT2D eigenvalue weighted by atomic mass is 35.5.